The van der Waals surface area contributed by atoms with Gasteiger partial charge in [-0.25, -0.2) is 18.7 Å². The average molecular weight is 235 g/mol. The maximum absolute atomic E-state index is 13.5. The summed E-state index contributed by atoms with van der Waals surface area (Å²) in [4.78, 5) is 7.83. The van der Waals surface area contributed by atoms with E-state index in [1.165, 1.54) is 30.6 Å². The van der Waals surface area contributed by atoms with E-state index in [0.29, 0.717) is 12.4 Å². The van der Waals surface area contributed by atoms with E-state index in [9.17, 15) is 8.78 Å². The fourth-order valence-electron chi connectivity index (χ4n) is 1.51. The molecule has 3 nitrogen and oxygen atoms in total. The van der Waals surface area contributed by atoms with Crippen molar-refractivity contribution in [3.05, 3.63) is 42.2 Å². The van der Waals surface area contributed by atoms with E-state index in [-0.39, 0.29) is 11.3 Å². The molecule has 0 aliphatic carbocycles. The highest BCUT2D eigenvalue weighted by Gasteiger charge is 2.12. The minimum Gasteiger partial charge on any atom is -0.370 e. The number of hydrogen-bond donors (Lipinski definition) is 1. The van der Waals surface area contributed by atoms with Gasteiger partial charge in [-0.1, -0.05) is 6.07 Å². The largest absolute Gasteiger partial charge is 0.370 e. The van der Waals surface area contributed by atoms with Gasteiger partial charge >= 0.3 is 0 Å². The zero-order chi connectivity index (χ0) is 12.3. The monoisotopic (exact) mass is 235 g/mol. The summed E-state index contributed by atoms with van der Waals surface area (Å²) in [5.74, 6) is -0.725. The average Bonchev–Trinajstić information content (AvgIpc) is 2.30. The third kappa shape index (κ3) is 2.38. The van der Waals surface area contributed by atoms with E-state index in [1.54, 1.807) is 0 Å². The Kier molecular flexibility index (Phi) is 3.27. The SMILES string of the molecule is CCNc1cc(-c2c(F)cccc2F)ncn1. The lowest BCUT2D eigenvalue weighted by atomic mass is 10.1. The van der Waals surface area contributed by atoms with Crippen LogP contribution in [0.4, 0.5) is 14.6 Å². The summed E-state index contributed by atoms with van der Waals surface area (Å²) in [6.45, 7) is 2.58. The zero-order valence-corrected chi connectivity index (χ0v) is 9.24. The van der Waals surface area contributed by atoms with Crippen molar-refractivity contribution in [2.75, 3.05) is 11.9 Å². The van der Waals surface area contributed by atoms with E-state index >= 15 is 0 Å². The van der Waals surface area contributed by atoms with Gasteiger partial charge in [-0.3, -0.25) is 0 Å². The Hall–Kier alpha value is -2.04. The molecule has 2 rings (SSSR count). The van der Waals surface area contributed by atoms with Crippen molar-refractivity contribution in [1.29, 1.82) is 0 Å². The number of benzene rings is 1. The Morgan fingerprint density at radius 2 is 1.88 bits per heavy atom. The molecule has 2 aromatic rings. The van der Waals surface area contributed by atoms with Crippen molar-refractivity contribution in [2.24, 2.45) is 0 Å². The van der Waals surface area contributed by atoms with Crippen molar-refractivity contribution >= 4 is 5.82 Å². The van der Waals surface area contributed by atoms with Crippen LogP contribution in [0.2, 0.25) is 0 Å². The molecule has 0 saturated carbocycles. The lowest BCUT2D eigenvalue weighted by Gasteiger charge is -2.06. The molecule has 0 saturated heterocycles. The summed E-state index contributed by atoms with van der Waals surface area (Å²) in [6.07, 6.45) is 1.28. The first-order valence-corrected chi connectivity index (χ1v) is 5.22. The second kappa shape index (κ2) is 4.86. The zero-order valence-electron chi connectivity index (χ0n) is 9.24. The van der Waals surface area contributed by atoms with Gasteiger partial charge in [0.05, 0.1) is 11.3 Å². The molecule has 0 unspecified atom stereocenters. The van der Waals surface area contributed by atoms with Crippen LogP contribution in [0.25, 0.3) is 11.3 Å². The van der Waals surface area contributed by atoms with Crippen molar-refractivity contribution in [3.63, 3.8) is 0 Å². The third-order valence-electron chi connectivity index (χ3n) is 2.24. The van der Waals surface area contributed by atoms with Crippen LogP contribution in [-0.4, -0.2) is 16.5 Å². The molecule has 0 atom stereocenters. The van der Waals surface area contributed by atoms with Crippen LogP contribution in [0.3, 0.4) is 0 Å². The van der Waals surface area contributed by atoms with Crippen molar-refractivity contribution in [1.82, 2.24) is 9.97 Å². The van der Waals surface area contributed by atoms with Gasteiger partial charge in [-0.05, 0) is 19.1 Å². The van der Waals surface area contributed by atoms with Crippen LogP contribution >= 0.6 is 0 Å². The second-order valence-electron chi connectivity index (χ2n) is 3.42. The standard InChI is InChI=1S/C12H11F2N3/c1-2-15-11-6-10(16-7-17-11)12-8(13)4-3-5-9(12)14/h3-7H,2H2,1H3,(H,15,16,17). The summed E-state index contributed by atoms with van der Waals surface area (Å²) in [7, 11) is 0. The van der Waals surface area contributed by atoms with Crippen LogP contribution in [0, 0.1) is 11.6 Å². The summed E-state index contributed by atoms with van der Waals surface area (Å²) in [5, 5.41) is 2.96. The predicted molar refractivity (Wildman–Crippen MR) is 61.5 cm³/mol. The summed E-state index contributed by atoms with van der Waals surface area (Å²) in [6, 6.07) is 5.24. The fourth-order valence-corrected chi connectivity index (χ4v) is 1.51. The highest BCUT2D eigenvalue weighted by molar-refractivity contribution is 5.63. The molecule has 1 aromatic heterocycles. The topological polar surface area (TPSA) is 37.8 Å². The maximum Gasteiger partial charge on any atom is 0.135 e. The minimum atomic E-state index is -0.633. The Bertz CT molecular complexity index is 509. The smallest absolute Gasteiger partial charge is 0.135 e. The molecule has 0 amide bonds. The molecule has 1 N–H and O–H groups in total. The molecule has 0 fully saturated rings. The van der Waals surface area contributed by atoms with Gasteiger partial charge in [0.1, 0.15) is 23.8 Å². The van der Waals surface area contributed by atoms with Crippen LogP contribution in [-0.2, 0) is 0 Å². The lowest BCUT2D eigenvalue weighted by molar-refractivity contribution is 0.588. The van der Waals surface area contributed by atoms with Gasteiger partial charge < -0.3 is 5.32 Å². The number of rotatable bonds is 3. The molecular formula is C12H11F2N3. The Balaban J connectivity index is 2.49. The molecule has 0 spiro atoms. The molecule has 0 aliphatic heterocycles. The minimum absolute atomic E-state index is 0.131. The van der Waals surface area contributed by atoms with E-state index in [0.717, 1.165) is 0 Å². The first-order chi connectivity index (χ1) is 8.22. The van der Waals surface area contributed by atoms with E-state index < -0.39 is 11.6 Å². The van der Waals surface area contributed by atoms with E-state index in [4.69, 9.17) is 0 Å². The summed E-state index contributed by atoms with van der Waals surface area (Å²) < 4.78 is 27.1. The van der Waals surface area contributed by atoms with Gasteiger partial charge in [0.2, 0.25) is 0 Å². The fraction of sp³-hybridized carbons (Fsp3) is 0.167. The number of halogens is 2. The first-order valence-electron chi connectivity index (χ1n) is 5.22. The molecular weight excluding hydrogens is 224 g/mol. The Labute approximate surface area is 97.5 Å². The van der Waals surface area contributed by atoms with Crippen molar-refractivity contribution < 1.29 is 8.78 Å². The third-order valence-corrected chi connectivity index (χ3v) is 2.24. The number of aromatic nitrogens is 2. The molecule has 88 valence electrons. The lowest BCUT2D eigenvalue weighted by Crippen LogP contribution is -2.01. The molecule has 1 heterocycles. The molecule has 17 heavy (non-hydrogen) atoms. The van der Waals surface area contributed by atoms with Gasteiger partial charge in [0, 0.05) is 12.6 Å². The molecule has 0 bridgehead atoms. The van der Waals surface area contributed by atoms with Gasteiger partial charge in [0.25, 0.3) is 0 Å². The molecule has 0 aliphatic rings. The van der Waals surface area contributed by atoms with Crippen molar-refractivity contribution in [2.45, 2.75) is 6.92 Å². The maximum atomic E-state index is 13.5. The first kappa shape index (κ1) is 11.4. The van der Waals surface area contributed by atoms with Crippen LogP contribution in [0.15, 0.2) is 30.6 Å². The van der Waals surface area contributed by atoms with Crippen LogP contribution in [0.1, 0.15) is 6.92 Å². The number of nitrogens with zero attached hydrogens (tertiary/aromatic N) is 2. The van der Waals surface area contributed by atoms with Crippen LogP contribution in [0.5, 0.6) is 0 Å². The summed E-state index contributed by atoms with van der Waals surface area (Å²) in [5.41, 5.74) is 0.0978. The number of anilines is 1. The van der Waals surface area contributed by atoms with Crippen molar-refractivity contribution in [3.8, 4) is 11.3 Å². The van der Waals surface area contributed by atoms with E-state index in [1.807, 2.05) is 6.92 Å². The predicted octanol–water partition coefficient (Wildman–Crippen LogP) is 2.85. The normalized spacial score (nSPS) is 10.3. The molecule has 1 aromatic carbocycles. The highest BCUT2D eigenvalue weighted by Crippen LogP contribution is 2.24. The molecule has 0 radical (unpaired) electrons. The van der Waals surface area contributed by atoms with Gasteiger partial charge in [0.15, 0.2) is 0 Å². The number of hydrogen-bond acceptors (Lipinski definition) is 3. The Morgan fingerprint density at radius 3 is 2.53 bits per heavy atom. The van der Waals surface area contributed by atoms with Gasteiger partial charge in [-0.15, -0.1) is 0 Å². The van der Waals surface area contributed by atoms with Gasteiger partial charge in [-0.2, -0.15) is 0 Å². The quantitative estimate of drug-likeness (QED) is 0.888. The number of nitrogens with one attached hydrogen (secondary N) is 1. The Morgan fingerprint density at radius 1 is 1.18 bits per heavy atom. The van der Waals surface area contributed by atoms with Crippen LogP contribution < -0.4 is 5.32 Å². The molecule has 5 heteroatoms. The van der Waals surface area contributed by atoms with E-state index in [2.05, 4.69) is 15.3 Å². The second-order valence-corrected chi connectivity index (χ2v) is 3.42. The summed E-state index contributed by atoms with van der Waals surface area (Å²) >= 11 is 0. The highest BCUT2D eigenvalue weighted by atomic mass is 19.1.